The number of esters is 1. The molecule has 7 N–H and O–H groups in total. The quantitative estimate of drug-likeness (QED) is 0.143. The molecule has 0 spiro atoms. The smallest absolute Gasteiger partial charge is 0.408 e. The summed E-state index contributed by atoms with van der Waals surface area (Å²) in [4.78, 5) is 91.5. The highest BCUT2D eigenvalue weighted by Crippen LogP contribution is 2.27. The minimum atomic E-state index is -1.69. The van der Waals surface area contributed by atoms with Gasteiger partial charge < -0.3 is 46.5 Å². The van der Waals surface area contributed by atoms with Gasteiger partial charge >= 0.3 is 12.1 Å². The monoisotopic (exact) mass is 738 g/mol. The Bertz CT molecular complexity index is 1200. The summed E-state index contributed by atoms with van der Waals surface area (Å²) in [5.41, 5.74) is -0.822. The molecule has 2 fully saturated rings. The fraction of sp³-hybridized carbons (Fsp3) is 0.806. The van der Waals surface area contributed by atoms with Crippen molar-refractivity contribution < 1.29 is 48.1 Å². The van der Waals surface area contributed by atoms with Gasteiger partial charge in [-0.05, 0) is 84.5 Å². The molecule has 0 aromatic rings. The van der Waals surface area contributed by atoms with Gasteiger partial charge in [0.2, 0.25) is 23.6 Å². The number of nitrogens with one attached hydrogen (secondary N) is 6. The summed E-state index contributed by atoms with van der Waals surface area (Å²) in [6, 6.07) is -4.25. The lowest BCUT2D eigenvalue weighted by molar-refractivity contribution is -0.145. The number of aliphatic hydroxyl groups is 1. The minimum absolute atomic E-state index is 0.117. The lowest BCUT2D eigenvalue weighted by Crippen LogP contribution is -2.60. The van der Waals surface area contributed by atoms with Gasteiger partial charge in [-0.2, -0.15) is 0 Å². The van der Waals surface area contributed by atoms with E-state index in [2.05, 4.69) is 31.9 Å². The Morgan fingerprint density at radius 2 is 1.58 bits per heavy atom. The first-order valence-electron chi connectivity index (χ1n) is 18.9. The summed E-state index contributed by atoms with van der Waals surface area (Å²) in [5.74, 6) is -3.78. The maximum Gasteiger partial charge on any atom is 0.408 e. The molecule has 2 aliphatic rings. The Morgan fingerprint density at radius 1 is 0.885 bits per heavy atom. The molecule has 52 heavy (non-hydrogen) atoms. The van der Waals surface area contributed by atoms with E-state index in [1.807, 2.05) is 13.8 Å². The Labute approximate surface area is 307 Å². The van der Waals surface area contributed by atoms with Crippen molar-refractivity contribution in [3.05, 3.63) is 0 Å². The highest BCUT2D eigenvalue weighted by molar-refractivity contribution is 5.94. The van der Waals surface area contributed by atoms with Gasteiger partial charge in [-0.25, -0.2) is 4.79 Å². The number of carbonyl (C=O) groups is 7. The molecule has 1 saturated carbocycles. The molecule has 1 aliphatic heterocycles. The molecule has 2 unspecified atom stereocenters. The van der Waals surface area contributed by atoms with Crippen LogP contribution in [0.2, 0.25) is 0 Å². The first kappa shape index (κ1) is 44.2. The molecule has 16 heteroatoms. The molecule has 5 atom stereocenters. The number of hydrogen-bond acceptors (Lipinski definition) is 10. The number of hydrogen-bond donors (Lipinski definition) is 7. The second kappa shape index (κ2) is 22.9. The van der Waals surface area contributed by atoms with E-state index in [0.717, 1.165) is 19.3 Å². The van der Waals surface area contributed by atoms with Crippen molar-refractivity contribution in [3.8, 4) is 0 Å². The Hall–Kier alpha value is -3.95. The van der Waals surface area contributed by atoms with Crippen LogP contribution < -0.4 is 31.9 Å². The fourth-order valence-electron chi connectivity index (χ4n) is 6.24. The van der Waals surface area contributed by atoms with Crippen molar-refractivity contribution in [2.24, 2.45) is 5.92 Å². The number of alkyl carbamates (subject to hydrolysis) is 1. The first-order chi connectivity index (χ1) is 24.6. The van der Waals surface area contributed by atoms with Crippen molar-refractivity contribution in [1.82, 2.24) is 31.9 Å². The van der Waals surface area contributed by atoms with E-state index in [0.29, 0.717) is 51.5 Å². The molecule has 0 aromatic heterocycles. The van der Waals surface area contributed by atoms with E-state index in [1.165, 1.54) is 0 Å². The van der Waals surface area contributed by atoms with Gasteiger partial charge in [0.15, 0.2) is 6.10 Å². The first-order valence-corrected chi connectivity index (χ1v) is 18.9. The molecule has 1 aliphatic carbocycles. The topological polar surface area (TPSA) is 230 Å². The molecule has 0 aromatic carbocycles. The van der Waals surface area contributed by atoms with Crippen LogP contribution in [-0.2, 0) is 38.2 Å². The van der Waals surface area contributed by atoms with Gasteiger partial charge in [-0.15, -0.1) is 0 Å². The van der Waals surface area contributed by atoms with Gasteiger partial charge in [0.1, 0.15) is 30.3 Å². The lowest BCUT2D eigenvalue weighted by Gasteiger charge is -2.33. The van der Waals surface area contributed by atoms with Crippen LogP contribution in [0.5, 0.6) is 0 Å². The van der Waals surface area contributed by atoms with Crippen LogP contribution >= 0.6 is 0 Å². The standard InChI is InChI=1S/C36H62N6O10/c1-6-14-24(30(45)34(49)38-22-28(44)51-21-7-2)39-31(46)25-17-11-12-20-37-27(43)19-13-18-26(41-35(50)52-36(3,4)5)32(47)42-29(33(48)40-25)23-15-9-8-10-16-23/h23-26,29-30,45H,6-22H2,1-5H3,(H,37,43)(H,38,49)(H,39,46)(H,40,48)(H,41,50)(H,42,47)/t24?,25-,26-,29-,30?/m0/s1. The summed E-state index contributed by atoms with van der Waals surface area (Å²) in [6.07, 6.45) is 4.55. The van der Waals surface area contributed by atoms with Crippen LogP contribution in [0.25, 0.3) is 0 Å². The van der Waals surface area contributed by atoms with Crippen molar-refractivity contribution in [2.45, 2.75) is 160 Å². The van der Waals surface area contributed by atoms with Gasteiger partial charge in [0, 0.05) is 13.0 Å². The average molecular weight is 739 g/mol. The van der Waals surface area contributed by atoms with Crippen molar-refractivity contribution >= 4 is 41.6 Å². The Morgan fingerprint density at radius 3 is 2.23 bits per heavy atom. The van der Waals surface area contributed by atoms with Crippen LogP contribution in [0.3, 0.4) is 0 Å². The van der Waals surface area contributed by atoms with Crippen LogP contribution in [0.1, 0.15) is 125 Å². The molecule has 1 saturated heterocycles. The highest BCUT2D eigenvalue weighted by Gasteiger charge is 2.37. The number of aliphatic hydroxyl groups excluding tert-OH is 1. The molecule has 0 radical (unpaired) electrons. The van der Waals surface area contributed by atoms with Crippen molar-refractivity contribution in [3.63, 3.8) is 0 Å². The maximum absolute atomic E-state index is 14.1. The van der Waals surface area contributed by atoms with E-state index in [-0.39, 0.29) is 44.1 Å². The Balaban J connectivity index is 2.32. The molecule has 2 rings (SSSR count). The molecule has 16 nitrogen and oxygen atoms in total. The van der Waals surface area contributed by atoms with Crippen LogP contribution in [0.4, 0.5) is 4.79 Å². The molecule has 6 amide bonds. The normalized spacial score (nSPS) is 22.7. The fourth-order valence-corrected chi connectivity index (χ4v) is 6.24. The largest absolute Gasteiger partial charge is 0.464 e. The van der Waals surface area contributed by atoms with Crippen molar-refractivity contribution in [2.75, 3.05) is 19.7 Å². The van der Waals surface area contributed by atoms with E-state index < -0.39 is 78.1 Å². The summed E-state index contributed by atoms with van der Waals surface area (Å²) in [7, 11) is 0. The minimum Gasteiger partial charge on any atom is -0.464 e. The third kappa shape index (κ3) is 16.6. The van der Waals surface area contributed by atoms with Crippen LogP contribution in [-0.4, -0.2) is 102 Å². The van der Waals surface area contributed by atoms with E-state index in [4.69, 9.17) is 9.47 Å². The lowest BCUT2D eigenvalue weighted by atomic mass is 9.83. The van der Waals surface area contributed by atoms with Gasteiger partial charge in [0.25, 0.3) is 5.91 Å². The van der Waals surface area contributed by atoms with E-state index in [1.54, 1.807) is 20.8 Å². The molecular formula is C36H62N6O10. The summed E-state index contributed by atoms with van der Waals surface area (Å²) < 4.78 is 10.3. The predicted molar refractivity (Wildman–Crippen MR) is 191 cm³/mol. The predicted octanol–water partition coefficient (Wildman–Crippen LogP) is 1.62. The molecule has 0 bridgehead atoms. The number of carbonyl (C=O) groups excluding carboxylic acids is 7. The average Bonchev–Trinajstić information content (AvgIpc) is 3.09. The molecule has 296 valence electrons. The molecule has 1 heterocycles. The van der Waals surface area contributed by atoms with Crippen LogP contribution in [0, 0.1) is 5.92 Å². The summed E-state index contributed by atoms with van der Waals surface area (Å²) in [5, 5.41) is 27.0. The maximum atomic E-state index is 14.1. The number of ether oxygens (including phenoxy) is 2. The SMILES string of the molecule is CCCOC(=O)CNC(=O)C(O)C(CCC)NC(=O)[C@@H]1CCCCNC(=O)CCC[C@H](NC(=O)OC(C)(C)C)C(=O)N[C@@H](C2CCCCC2)C(=O)N1. The Kier molecular flexibility index (Phi) is 19.4. The van der Waals surface area contributed by atoms with Crippen LogP contribution in [0.15, 0.2) is 0 Å². The summed E-state index contributed by atoms with van der Waals surface area (Å²) in [6.45, 7) is 8.80. The zero-order valence-electron chi connectivity index (χ0n) is 31.6. The zero-order chi connectivity index (χ0) is 38.7. The number of rotatable bonds is 12. The summed E-state index contributed by atoms with van der Waals surface area (Å²) >= 11 is 0. The highest BCUT2D eigenvalue weighted by atomic mass is 16.6. The van der Waals surface area contributed by atoms with E-state index in [9.17, 15) is 38.7 Å². The number of amides is 6. The third-order valence-corrected chi connectivity index (χ3v) is 8.93. The third-order valence-electron chi connectivity index (χ3n) is 8.93. The second-order valence-corrected chi connectivity index (χ2v) is 14.7. The van der Waals surface area contributed by atoms with Crippen molar-refractivity contribution in [1.29, 1.82) is 0 Å². The van der Waals surface area contributed by atoms with Gasteiger partial charge in [-0.1, -0.05) is 39.5 Å². The van der Waals surface area contributed by atoms with Gasteiger partial charge in [-0.3, -0.25) is 28.8 Å². The zero-order valence-corrected chi connectivity index (χ0v) is 31.6. The van der Waals surface area contributed by atoms with Gasteiger partial charge in [0.05, 0.1) is 12.6 Å². The second-order valence-electron chi connectivity index (χ2n) is 14.7. The van der Waals surface area contributed by atoms with E-state index >= 15 is 0 Å². The molecular weight excluding hydrogens is 676 g/mol.